The van der Waals surface area contributed by atoms with Crippen molar-refractivity contribution >= 4 is 16.9 Å². The van der Waals surface area contributed by atoms with Crippen LogP contribution in [-0.2, 0) is 0 Å². The predicted molar refractivity (Wildman–Crippen MR) is 68.2 cm³/mol. The number of alkyl halides is 3. The summed E-state index contributed by atoms with van der Waals surface area (Å²) < 4.78 is 38.4. The third-order valence-electron chi connectivity index (χ3n) is 3.71. The van der Waals surface area contributed by atoms with Crippen molar-refractivity contribution in [3.8, 4) is 0 Å². The molecule has 0 spiro atoms. The lowest BCUT2D eigenvalue weighted by atomic mass is 9.91. The van der Waals surface area contributed by atoms with E-state index in [-0.39, 0.29) is 19.5 Å². The Labute approximate surface area is 113 Å². The molecule has 1 fully saturated rings. The van der Waals surface area contributed by atoms with E-state index in [2.05, 4.69) is 15.0 Å². The molecule has 5 nitrogen and oxygen atoms in total. The second-order valence-electron chi connectivity index (χ2n) is 4.98. The highest BCUT2D eigenvalue weighted by Crippen LogP contribution is 2.35. The Morgan fingerprint density at radius 3 is 2.85 bits per heavy atom. The van der Waals surface area contributed by atoms with Gasteiger partial charge in [-0.15, -0.1) is 0 Å². The Morgan fingerprint density at radius 2 is 2.15 bits per heavy atom. The van der Waals surface area contributed by atoms with Crippen LogP contribution in [0, 0.1) is 5.92 Å². The third kappa shape index (κ3) is 2.20. The van der Waals surface area contributed by atoms with Crippen LogP contribution in [0.3, 0.4) is 0 Å². The Hall–Kier alpha value is -1.83. The van der Waals surface area contributed by atoms with Gasteiger partial charge >= 0.3 is 6.18 Å². The van der Waals surface area contributed by atoms with Crippen molar-refractivity contribution in [3.05, 3.63) is 18.6 Å². The van der Waals surface area contributed by atoms with Gasteiger partial charge in [-0.05, 0) is 12.5 Å². The summed E-state index contributed by atoms with van der Waals surface area (Å²) in [6.07, 6.45) is -1.12. The number of rotatable bonds is 1. The average Bonchev–Trinajstić information content (AvgIpc) is 2.85. The molecule has 2 atom stereocenters. The molecule has 0 bridgehead atoms. The summed E-state index contributed by atoms with van der Waals surface area (Å²) >= 11 is 0. The molecule has 20 heavy (non-hydrogen) atoms. The van der Waals surface area contributed by atoms with E-state index in [1.807, 2.05) is 6.07 Å². The summed E-state index contributed by atoms with van der Waals surface area (Å²) in [5.41, 5.74) is 6.37. The van der Waals surface area contributed by atoms with Crippen LogP contribution < -0.4 is 10.6 Å². The molecule has 1 aliphatic rings. The lowest BCUT2D eigenvalue weighted by molar-refractivity contribution is -0.183. The van der Waals surface area contributed by atoms with E-state index in [0.29, 0.717) is 11.5 Å². The maximum Gasteiger partial charge on any atom is 0.393 e. The lowest BCUT2D eigenvalue weighted by Gasteiger charge is -2.38. The van der Waals surface area contributed by atoms with Crippen molar-refractivity contribution in [3.63, 3.8) is 0 Å². The van der Waals surface area contributed by atoms with Gasteiger partial charge in [0.2, 0.25) is 0 Å². The highest BCUT2D eigenvalue weighted by molar-refractivity contribution is 5.87. The quantitative estimate of drug-likeness (QED) is 0.836. The third-order valence-corrected chi connectivity index (χ3v) is 3.71. The maximum atomic E-state index is 12.8. The molecular weight excluding hydrogens is 271 g/mol. The Bertz CT molecular complexity index is 608. The average molecular weight is 285 g/mol. The summed E-state index contributed by atoms with van der Waals surface area (Å²) in [6, 6.07) is 0.874. The monoisotopic (exact) mass is 285 g/mol. The Kier molecular flexibility index (Phi) is 3.04. The zero-order valence-corrected chi connectivity index (χ0v) is 10.6. The zero-order valence-electron chi connectivity index (χ0n) is 10.6. The number of nitrogens with two attached hydrogens (primary N) is 1. The van der Waals surface area contributed by atoms with Gasteiger partial charge in [-0.2, -0.15) is 13.2 Å². The molecule has 108 valence electrons. The fourth-order valence-electron chi connectivity index (χ4n) is 2.69. The fraction of sp³-hybridized carbons (Fsp3) is 0.500. The molecule has 3 rings (SSSR count). The topological polar surface area (TPSA) is 70.8 Å². The highest BCUT2D eigenvalue weighted by atomic mass is 19.4. The standard InChI is InChI=1S/C12H14F3N5/c13-12(14,15)8-2-4-20(5-9(8)16)11-7-1-3-17-10(7)18-6-19-11/h1,3,6,8-9H,2,4-5,16H2,(H,17,18,19). The molecule has 2 aromatic heterocycles. The minimum absolute atomic E-state index is 0.0133. The molecule has 2 aromatic rings. The first-order valence-corrected chi connectivity index (χ1v) is 6.32. The van der Waals surface area contributed by atoms with Crippen molar-refractivity contribution in [2.45, 2.75) is 18.6 Å². The summed E-state index contributed by atoms with van der Waals surface area (Å²) in [4.78, 5) is 13.0. The van der Waals surface area contributed by atoms with Crippen LogP contribution in [0.2, 0.25) is 0 Å². The number of hydrogen-bond acceptors (Lipinski definition) is 4. The van der Waals surface area contributed by atoms with Crippen LogP contribution in [0.5, 0.6) is 0 Å². The molecule has 0 saturated carbocycles. The number of aromatic amines is 1. The van der Waals surface area contributed by atoms with Gasteiger partial charge in [0.1, 0.15) is 17.8 Å². The van der Waals surface area contributed by atoms with Crippen LogP contribution in [0.4, 0.5) is 19.0 Å². The van der Waals surface area contributed by atoms with Crippen LogP contribution in [0.25, 0.3) is 11.0 Å². The van der Waals surface area contributed by atoms with Crippen LogP contribution >= 0.6 is 0 Å². The second kappa shape index (κ2) is 4.62. The minimum Gasteiger partial charge on any atom is -0.354 e. The van der Waals surface area contributed by atoms with Gasteiger partial charge in [0, 0.05) is 25.3 Å². The Balaban J connectivity index is 1.85. The molecule has 0 aliphatic carbocycles. The number of nitrogens with one attached hydrogen (secondary N) is 1. The van der Waals surface area contributed by atoms with Gasteiger partial charge in [-0.25, -0.2) is 9.97 Å². The fourth-order valence-corrected chi connectivity index (χ4v) is 2.69. The number of nitrogens with zero attached hydrogens (tertiary/aromatic N) is 3. The molecule has 8 heteroatoms. The number of anilines is 1. The molecule has 0 amide bonds. The van der Waals surface area contributed by atoms with Gasteiger partial charge < -0.3 is 15.6 Å². The van der Waals surface area contributed by atoms with E-state index in [4.69, 9.17) is 5.73 Å². The first-order valence-electron chi connectivity index (χ1n) is 6.32. The van der Waals surface area contributed by atoms with Crippen LogP contribution in [0.15, 0.2) is 18.6 Å². The molecule has 0 radical (unpaired) electrons. The number of hydrogen-bond donors (Lipinski definition) is 2. The van der Waals surface area contributed by atoms with Gasteiger partial charge in [-0.3, -0.25) is 0 Å². The first kappa shape index (κ1) is 13.2. The lowest BCUT2D eigenvalue weighted by Crippen LogP contribution is -2.53. The van der Waals surface area contributed by atoms with Crippen molar-refractivity contribution < 1.29 is 13.2 Å². The van der Waals surface area contributed by atoms with Gasteiger partial charge in [0.15, 0.2) is 0 Å². The molecule has 3 heterocycles. The molecule has 1 aliphatic heterocycles. The number of piperidine rings is 1. The van der Waals surface area contributed by atoms with Crippen molar-refractivity contribution in [2.24, 2.45) is 11.7 Å². The molecule has 1 saturated heterocycles. The van der Waals surface area contributed by atoms with Gasteiger partial charge in [0.25, 0.3) is 0 Å². The van der Waals surface area contributed by atoms with Crippen molar-refractivity contribution in [1.29, 1.82) is 0 Å². The SMILES string of the molecule is NC1CN(c2ncnc3[nH]ccc23)CCC1C(F)(F)F. The summed E-state index contributed by atoms with van der Waals surface area (Å²) in [5.74, 6) is -0.811. The Morgan fingerprint density at radius 1 is 1.35 bits per heavy atom. The number of fused-ring (bicyclic) bond motifs is 1. The number of halogens is 3. The van der Waals surface area contributed by atoms with E-state index >= 15 is 0 Å². The van der Waals surface area contributed by atoms with Crippen molar-refractivity contribution in [2.75, 3.05) is 18.0 Å². The summed E-state index contributed by atoms with van der Waals surface area (Å²) in [6.45, 7) is 0.427. The highest BCUT2D eigenvalue weighted by Gasteiger charge is 2.45. The number of H-pyrrole nitrogens is 1. The maximum absolute atomic E-state index is 12.8. The molecule has 3 N–H and O–H groups in total. The number of aromatic nitrogens is 3. The summed E-state index contributed by atoms with van der Waals surface area (Å²) in [5, 5.41) is 0.796. The molecule has 2 unspecified atom stereocenters. The predicted octanol–water partition coefficient (Wildman–Crippen LogP) is 1.67. The van der Waals surface area contributed by atoms with Gasteiger partial charge in [0.05, 0.1) is 11.3 Å². The molecule has 0 aromatic carbocycles. The second-order valence-corrected chi connectivity index (χ2v) is 4.98. The van der Waals surface area contributed by atoms with E-state index in [1.54, 1.807) is 11.1 Å². The van der Waals surface area contributed by atoms with E-state index in [9.17, 15) is 13.2 Å². The zero-order chi connectivity index (χ0) is 14.3. The van der Waals surface area contributed by atoms with E-state index in [0.717, 1.165) is 5.39 Å². The van der Waals surface area contributed by atoms with E-state index in [1.165, 1.54) is 6.33 Å². The molecular formula is C12H14F3N5. The van der Waals surface area contributed by atoms with Crippen LogP contribution in [-0.4, -0.2) is 40.3 Å². The summed E-state index contributed by atoms with van der Waals surface area (Å²) in [7, 11) is 0. The largest absolute Gasteiger partial charge is 0.393 e. The van der Waals surface area contributed by atoms with Crippen molar-refractivity contribution in [1.82, 2.24) is 15.0 Å². The van der Waals surface area contributed by atoms with E-state index < -0.39 is 18.1 Å². The smallest absolute Gasteiger partial charge is 0.354 e. The minimum atomic E-state index is -4.24. The van der Waals surface area contributed by atoms with Gasteiger partial charge in [-0.1, -0.05) is 0 Å². The van der Waals surface area contributed by atoms with Crippen LogP contribution in [0.1, 0.15) is 6.42 Å². The normalized spacial score (nSPS) is 24.3. The first-order chi connectivity index (χ1) is 9.47.